The van der Waals surface area contributed by atoms with Crippen LogP contribution in [-0.2, 0) is 4.79 Å². The van der Waals surface area contributed by atoms with Crippen molar-refractivity contribution in [3.63, 3.8) is 0 Å². The van der Waals surface area contributed by atoms with E-state index in [9.17, 15) is 4.79 Å². The van der Waals surface area contributed by atoms with E-state index < -0.39 is 6.04 Å². The summed E-state index contributed by atoms with van der Waals surface area (Å²) < 4.78 is 21.6. The second-order valence-electron chi connectivity index (χ2n) is 6.78. The highest BCUT2D eigenvalue weighted by Gasteiger charge is 2.31. The first kappa shape index (κ1) is 22.4. The van der Waals surface area contributed by atoms with Crippen molar-refractivity contribution >= 4 is 12.1 Å². The summed E-state index contributed by atoms with van der Waals surface area (Å²) >= 11 is 0. The fraction of sp³-hybridized carbons (Fsp3) is 0.364. The van der Waals surface area contributed by atoms with Gasteiger partial charge in [0.25, 0.3) is 5.91 Å². The molecule has 0 radical (unpaired) electrons. The van der Waals surface area contributed by atoms with E-state index in [4.69, 9.17) is 18.9 Å². The van der Waals surface area contributed by atoms with Crippen molar-refractivity contribution in [2.75, 3.05) is 27.9 Å². The van der Waals surface area contributed by atoms with E-state index in [2.05, 4.69) is 21.4 Å². The highest BCUT2D eigenvalue weighted by atomic mass is 16.5. The molecule has 3 rings (SSSR count). The van der Waals surface area contributed by atoms with Crippen LogP contribution in [0.25, 0.3) is 0 Å². The zero-order valence-electron chi connectivity index (χ0n) is 18.1. The number of ether oxygens (including phenoxy) is 4. The molecule has 0 aromatic heterocycles. The Balaban J connectivity index is 1.64. The Morgan fingerprint density at radius 1 is 1.06 bits per heavy atom. The molecule has 3 N–H and O–H groups in total. The molecular weight excluding hydrogens is 400 g/mol. The fourth-order valence-electron chi connectivity index (χ4n) is 3.38. The summed E-state index contributed by atoms with van der Waals surface area (Å²) in [6.07, 6.45) is 2.06. The summed E-state index contributed by atoms with van der Waals surface area (Å²) in [5.74, 6) is 2.18. The van der Waals surface area contributed by atoms with E-state index in [0.29, 0.717) is 35.8 Å². The summed E-state index contributed by atoms with van der Waals surface area (Å²) in [7, 11) is 4.64. The first-order valence-electron chi connectivity index (χ1n) is 9.96. The quantitative estimate of drug-likeness (QED) is 0.416. The molecule has 1 saturated heterocycles. The largest absolute Gasteiger partial charge is 0.496 e. The predicted molar refractivity (Wildman–Crippen MR) is 117 cm³/mol. The number of rotatable bonds is 9. The third-order valence-electron chi connectivity index (χ3n) is 4.93. The number of nitrogens with one attached hydrogen (secondary N) is 3. The average molecular weight is 428 g/mol. The van der Waals surface area contributed by atoms with Crippen LogP contribution in [0.15, 0.2) is 41.5 Å². The summed E-state index contributed by atoms with van der Waals surface area (Å²) in [4.78, 5) is 12.6. The third kappa shape index (κ3) is 5.25. The molecule has 0 aliphatic carbocycles. The second-order valence-corrected chi connectivity index (χ2v) is 6.78. The normalized spacial score (nSPS) is 18.1. The minimum absolute atomic E-state index is 0.0478. The molecule has 0 spiro atoms. The van der Waals surface area contributed by atoms with Gasteiger partial charge in [0.1, 0.15) is 17.5 Å². The number of hydrazine groups is 1. The Kier molecular flexibility index (Phi) is 7.69. The van der Waals surface area contributed by atoms with Crippen molar-refractivity contribution in [3.8, 4) is 23.0 Å². The molecule has 1 heterocycles. The summed E-state index contributed by atoms with van der Waals surface area (Å²) in [5, 5.41) is 4.08. The Bertz CT molecular complexity index is 934. The number of methoxy groups -OCH3 is 3. The van der Waals surface area contributed by atoms with Crippen LogP contribution in [0.1, 0.15) is 30.5 Å². The van der Waals surface area contributed by atoms with Crippen LogP contribution in [0.5, 0.6) is 23.0 Å². The molecule has 166 valence electrons. The van der Waals surface area contributed by atoms with Crippen LogP contribution in [0.3, 0.4) is 0 Å². The number of nitrogens with zero attached hydrogens (tertiary/aromatic N) is 1. The minimum Gasteiger partial charge on any atom is -0.496 e. The van der Waals surface area contributed by atoms with Crippen molar-refractivity contribution in [1.82, 2.24) is 16.3 Å². The van der Waals surface area contributed by atoms with E-state index in [1.807, 2.05) is 31.2 Å². The average Bonchev–Trinajstić information content (AvgIpc) is 3.29. The summed E-state index contributed by atoms with van der Waals surface area (Å²) in [6, 6.07) is 10.7. The molecule has 2 atom stereocenters. The van der Waals surface area contributed by atoms with Crippen LogP contribution >= 0.6 is 0 Å². The number of hydrogen-bond donors (Lipinski definition) is 3. The zero-order valence-corrected chi connectivity index (χ0v) is 18.1. The first-order chi connectivity index (χ1) is 15.1. The maximum Gasteiger partial charge on any atom is 0.258 e. The number of benzene rings is 2. The van der Waals surface area contributed by atoms with Gasteiger partial charge in [-0.05, 0) is 25.5 Å². The number of para-hydroxylation sites is 1. The van der Waals surface area contributed by atoms with Crippen LogP contribution in [0.4, 0.5) is 0 Å². The van der Waals surface area contributed by atoms with Gasteiger partial charge in [-0.1, -0.05) is 18.2 Å². The molecule has 31 heavy (non-hydrogen) atoms. The van der Waals surface area contributed by atoms with Crippen molar-refractivity contribution in [3.05, 3.63) is 47.5 Å². The molecular formula is C22H28N4O5. The lowest BCUT2D eigenvalue weighted by Crippen LogP contribution is -2.41. The SMILES string of the molecule is CCOc1ccccc1C1CC(C(=O)N/N=C/c2cc(OC)c(OC)cc2OC)NN1. The maximum absolute atomic E-state index is 12.6. The standard InChI is InChI=1S/C22H28N4O5/c1-5-31-18-9-7-6-8-15(18)16-11-17(25-24-16)22(27)26-23-13-14-10-20(29-3)21(30-4)12-19(14)28-2/h6-10,12-13,16-17,24-25H,5,11H2,1-4H3,(H,26,27)/b23-13+. The summed E-state index contributed by atoms with van der Waals surface area (Å²) in [6.45, 7) is 2.52. The molecule has 2 aromatic carbocycles. The van der Waals surface area contributed by atoms with Crippen LogP contribution in [0, 0.1) is 0 Å². The van der Waals surface area contributed by atoms with Crippen molar-refractivity contribution in [2.24, 2.45) is 5.10 Å². The van der Waals surface area contributed by atoms with Crippen LogP contribution in [-0.4, -0.2) is 46.1 Å². The molecule has 0 bridgehead atoms. The van der Waals surface area contributed by atoms with Gasteiger partial charge in [0.05, 0.1) is 40.2 Å². The second kappa shape index (κ2) is 10.6. The maximum atomic E-state index is 12.6. The summed E-state index contributed by atoms with van der Waals surface area (Å²) in [5.41, 5.74) is 10.4. The van der Waals surface area contributed by atoms with Gasteiger partial charge in [-0.15, -0.1) is 0 Å². The molecule has 2 aromatic rings. The Morgan fingerprint density at radius 2 is 1.77 bits per heavy atom. The minimum atomic E-state index is -0.441. The molecule has 2 unspecified atom stereocenters. The highest BCUT2D eigenvalue weighted by Crippen LogP contribution is 2.34. The lowest BCUT2D eigenvalue weighted by Gasteiger charge is -2.15. The lowest BCUT2D eigenvalue weighted by molar-refractivity contribution is -0.122. The van der Waals surface area contributed by atoms with Gasteiger partial charge in [-0.25, -0.2) is 16.3 Å². The van der Waals surface area contributed by atoms with Gasteiger partial charge in [0.15, 0.2) is 11.5 Å². The van der Waals surface area contributed by atoms with E-state index in [-0.39, 0.29) is 11.9 Å². The number of hydrazone groups is 1. The highest BCUT2D eigenvalue weighted by molar-refractivity contribution is 5.87. The van der Waals surface area contributed by atoms with Gasteiger partial charge in [0.2, 0.25) is 0 Å². The van der Waals surface area contributed by atoms with Crippen molar-refractivity contribution in [2.45, 2.75) is 25.4 Å². The molecule has 9 heteroatoms. The molecule has 1 aliphatic rings. The Hall–Kier alpha value is -3.30. The lowest BCUT2D eigenvalue weighted by atomic mass is 10.0. The van der Waals surface area contributed by atoms with Crippen LogP contribution < -0.4 is 35.2 Å². The van der Waals surface area contributed by atoms with Crippen molar-refractivity contribution in [1.29, 1.82) is 0 Å². The fourth-order valence-corrected chi connectivity index (χ4v) is 3.38. The van der Waals surface area contributed by atoms with Gasteiger partial charge >= 0.3 is 0 Å². The molecule has 0 saturated carbocycles. The smallest absolute Gasteiger partial charge is 0.258 e. The Morgan fingerprint density at radius 3 is 2.48 bits per heavy atom. The topological polar surface area (TPSA) is 102 Å². The van der Waals surface area contributed by atoms with E-state index in [1.165, 1.54) is 6.21 Å². The zero-order chi connectivity index (χ0) is 22.2. The molecule has 1 amide bonds. The van der Waals surface area contributed by atoms with Gasteiger partial charge in [-0.2, -0.15) is 5.10 Å². The molecule has 9 nitrogen and oxygen atoms in total. The molecule has 1 aliphatic heterocycles. The van der Waals surface area contributed by atoms with Crippen LogP contribution in [0.2, 0.25) is 0 Å². The van der Waals surface area contributed by atoms with E-state index >= 15 is 0 Å². The third-order valence-corrected chi connectivity index (χ3v) is 4.93. The van der Waals surface area contributed by atoms with Gasteiger partial charge in [-0.3, -0.25) is 4.79 Å². The van der Waals surface area contributed by atoms with Crippen molar-refractivity contribution < 1.29 is 23.7 Å². The predicted octanol–water partition coefficient (Wildman–Crippen LogP) is 2.17. The first-order valence-corrected chi connectivity index (χ1v) is 9.96. The van der Waals surface area contributed by atoms with Gasteiger partial charge < -0.3 is 18.9 Å². The number of carbonyl (C=O) groups is 1. The molecule has 1 fully saturated rings. The van der Waals surface area contributed by atoms with E-state index in [0.717, 1.165) is 11.3 Å². The number of amides is 1. The van der Waals surface area contributed by atoms with E-state index in [1.54, 1.807) is 33.5 Å². The number of hydrogen-bond acceptors (Lipinski definition) is 8. The number of carbonyl (C=O) groups excluding carboxylic acids is 1. The monoisotopic (exact) mass is 428 g/mol. The Labute approximate surface area is 181 Å². The van der Waals surface area contributed by atoms with Gasteiger partial charge in [0, 0.05) is 17.2 Å².